The lowest BCUT2D eigenvalue weighted by Gasteiger charge is -1.98. The third-order valence-electron chi connectivity index (χ3n) is 2.14. The van der Waals surface area contributed by atoms with Crippen LogP contribution >= 0.6 is 0 Å². The minimum Gasteiger partial charge on any atom is -0.464 e. The van der Waals surface area contributed by atoms with Gasteiger partial charge in [0.25, 0.3) is 0 Å². The van der Waals surface area contributed by atoms with Crippen molar-refractivity contribution in [3.8, 4) is 5.69 Å². The number of rotatable bonds is 2. The highest BCUT2D eigenvalue weighted by Crippen LogP contribution is 2.14. The van der Waals surface area contributed by atoms with Gasteiger partial charge in [0, 0.05) is 0 Å². The first-order valence-corrected chi connectivity index (χ1v) is 4.71. The fourth-order valence-corrected chi connectivity index (χ4v) is 1.36. The van der Waals surface area contributed by atoms with Gasteiger partial charge in [-0.25, -0.2) is 9.48 Å². The Bertz CT molecular complexity index is 505. The molecule has 0 aliphatic heterocycles. The Balaban J connectivity index is 2.42. The van der Waals surface area contributed by atoms with E-state index in [1.54, 1.807) is 10.9 Å². The SMILES string of the molecule is COC(=O)c1nn(-c2ccccc2)cc1N. The van der Waals surface area contributed by atoms with Crippen LogP contribution in [0.3, 0.4) is 0 Å². The number of carbonyl (C=O) groups is 1. The molecule has 82 valence electrons. The summed E-state index contributed by atoms with van der Waals surface area (Å²) < 4.78 is 6.11. The van der Waals surface area contributed by atoms with Crippen molar-refractivity contribution in [1.29, 1.82) is 0 Å². The van der Waals surface area contributed by atoms with E-state index < -0.39 is 5.97 Å². The van der Waals surface area contributed by atoms with Crippen molar-refractivity contribution in [2.75, 3.05) is 12.8 Å². The van der Waals surface area contributed by atoms with Gasteiger partial charge in [-0.3, -0.25) is 0 Å². The van der Waals surface area contributed by atoms with Gasteiger partial charge in [0.05, 0.1) is 24.7 Å². The second-order valence-corrected chi connectivity index (χ2v) is 3.20. The van der Waals surface area contributed by atoms with Crippen LogP contribution < -0.4 is 5.73 Å². The summed E-state index contributed by atoms with van der Waals surface area (Å²) in [4.78, 5) is 11.3. The topological polar surface area (TPSA) is 70.1 Å². The van der Waals surface area contributed by atoms with Crippen molar-refractivity contribution in [1.82, 2.24) is 9.78 Å². The second-order valence-electron chi connectivity index (χ2n) is 3.20. The molecule has 0 atom stereocenters. The Labute approximate surface area is 92.4 Å². The lowest BCUT2D eigenvalue weighted by molar-refractivity contribution is 0.0594. The molecule has 0 aliphatic carbocycles. The van der Waals surface area contributed by atoms with Crippen molar-refractivity contribution in [3.63, 3.8) is 0 Å². The smallest absolute Gasteiger partial charge is 0.360 e. The first kappa shape index (κ1) is 10.2. The molecule has 2 N–H and O–H groups in total. The van der Waals surface area contributed by atoms with Crippen LogP contribution in [-0.4, -0.2) is 22.9 Å². The van der Waals surface area contributed by atoms with E-state index in [2.05, 4.69) is 9.84 Å². The molecular formula is C11H11N3O2. The number of aromatic nitrogens is 2. The molecule has 5 nitrogen and oxygen atoms in total. The molecule has 2 aromatic rings. The Morgan fingerprint density at radius 3 is 2.69 bits per heavy atom. The average Bonchev–Trinajstić information content (AvgIpc) is 2.71. The molecule has 0 saturated heterocycles. The fraction of sp³-hybridized carbons (Fsp3) is 0.0909. The number of nitrogens with zero attached hydrogens (tertiary/aromatic N) is 2. The summed E-state index contributed by atoms with van der Waals surface area (Å²) in [6, 6.07) is 9.40. The second kappa shape index (κ2) is 4.06. The lowest BCUT2D eigenvalue weighted by atomic mass is 10.3. The summed E-state index contributed by atoms with van der Waals surface area (Å²) >= 11 is 0. The molecule has 1 aromatic carbocycles. The molecule has 1 heterocycles. The molecule has 1 aromatic heterocycles. The normalized spacial score (nSPS) is 10.1. The maximum Gasteiger partial charge on any atom is 0.360 e. The largest absolute Gasteiger partial charge is 0.464 e. The average molecular weight is 217 g/mol. The summed E-state index contributed by atoms with van der Waals surface area (Å²) in [7, 11) is 1.29. The number of methoxy groups -OCH3 is 1. The molecule has 0 unspecified atom stereocenters. The number of carbonyl (C=O) groups excluding carboxylic acids is 1. The Kier molecular flexibility index (Phi) is 2.59. The van der Waals surface area contributed by atoms with Crippen LogP contribution in [0.1, 0.15) is 10.5 Å². The Morgan fingerprint density at radius 2 is 2.06 bits per heavy atom. The number of hydrogen-bond acceptors (Lipinski definition) is 4. The summed E-state index contributed by atoms with van der Waals surface area (Å²) in [5.74, 6) is -0.535. The third kappa shape index (κ3) is 1.75. The van der Waals surface area contributed by atoms with E-state index in [4.69, 9.17) is 5.73 Å². The van der Waals surface area contributed by atoms with Crippen molar-refractivity contribution in [2.24, 2.45) is 0 Å². The molecule has 0 bridgehead atoms. The van der Waals surface area contributed by atoms with Crippen LogP contribution in [0.4, 0.5) is 5.69 Å². The maximum atomic E-state index is 11.3. The number of para-hydroxylation sites is 1. The van der Waals surface area contributed by atoms with Crippen molar-refractivity contribution < 1.29 is 9.53 Å². The lowest BCUT2D eigenvalue weighted by Crippen LogP contribution is -2.05. The van der Waals surface area contributed by atoms with Gasteiger partial charge in [-0.15, -0.1) is 0 Å². The van der Waals surface area contributed by atoms with Crippen LogP contribution in [-0.2, 0) is 4.74 Å². The van der Waals surface area contributed by atoms with Gasteiger partial charge in [-0.1, -0.05) is 18.2 Å². The van der Waals surface area contributed by atoms with E-state index in [-0.39, 0.29) is 5.69 Å². The van der Waals surface area contributed by atoms with E-state index in [1.807, 2.05) is 30.3 Å². The third-order valence-corrected chi connectivity index (χ3v) is 2.14. The standard InChI is InChI=1S/C11H11N3O2/c1-16-11(15)10-9(12)7-14(13-10)8-5-3-2-4-6-8/h2-7H,12H2,1H3. The predicted molar refractivity (Wildman–Crippen MR) is 59.3 cm³/mol. The highest BCUT2D eigenvalue weighted by atomic mass is 16.5. The zero-order valence-corrected chi connectivity index (χ0v) is 8.75. The van der Waals surface area contributed by atoms with Crippen LogP contribution in [0.25, 0.3) is 5.69 Å². The van der Waals surface area contributed by atoms with Gasteiger partial charge < -0.3 is 10.5 Å². The fourth-order valence-electron chi connectivity index (χ4n) is 1.36. The molecule has 0 fully saturated rings. The van der Waals surface area contributed by atoms with Gasteiger partial charge in [0.15, 0.2) is 5.69 Å². The molecule has 0 radical (unpaired) electrons. The first-order valence-electron chi connectivity index (χ1n) is 4.71. The van der Waals surface area contributed by atoms with Gasteiger partial charge in [0.1, 0.15) is 0 Å². The maximum absolute atomic E-state index is 11.3. The van der Waals surface area contributed by atoms with Crippen molar-refractivity contribution in [3.05, 3.63) is 42.2 Å². The molecule has 0 amide bonds. The van der Waals surface area contributed by atoms with E-state index >= 15 is 0 Å². The summed E-state index contributed by atoms with van der Waals surface area (Å²) in [6.07, 6.45) is 1.58. The first-order chi connectivity index (χ1) is 7.72. The number of benzene rings is 1. The number of nitrogen functional groups attached to an aromatic ring is 1. The molecule has 16 heavy (non-hydrogen) atoms. The van der Waals surface area contributed by atoms with Crippen LogP contribution in [0.2, 0.25) is 0 Å². The van der Waals surface area contributed by atoms with Crippen molar-refractivity contribution in [2.45, 2.75) is 0 Å². The van der Waals surface area contributed by atoms with Gasteiger partial charge >= 0.3 is 5.97 Å². The van der Waals surface area contributed by atoms with E-state index in [0.717, 1.165) is 5.69 Å². The minimum absolute atomic E-state index is 0.131. The molecule has 0 aliphatic rings. The Morgan fingerprint density at radius 1 is 1.38 bits per heavy atom. The van der Waals surface area contributed by atoms with Crippen molar-refractivity contribution >= 4 is 11.7 Å². The number of anilines is 1. The van der Waals surface area contributed by atoms with Crippen LogP contribution in [0.5, 0.6) is 0 Å². The molecule has 2 rings (SSSR count). The quantitative estimate of drug-likeness (QED) is 0.768. The highest BCUT2D eigenvalue weighted by molar-refractivity contribution is 5.92. The Hall–Kier alpha value is -2.30. The van der Waals surface area contributed by atoms with E-state index in [9.17, 15) is 4.79 Å². The zero-order chi connectivity index (χ0) is 11.5. The molecule has 0 saturated carbocycles. The minimum atomic E-state index is -0.535. The van der Waals surface area contributed by atoms with E-state index in [1.165, 1.54) is 7.11 Å². The summed E-state index contributed by atoms with van der Waals surface area (Å²) in [5, 5.41) is 4.07. The van der Waals surface area contributed by atoms with E-state index in [0.29, 0.717) is 5.69 Å². The molecule has 0 spiro atoms. The predicted octanol–water partition coefficient (Wildman–Crippen LogP) is 1.24. The number of esters is 1. The number of nitrogens with two attached hydrogens (primary N) is 1. The van der Waals surface area contributed by atoms with Crippen LogP contribution in [0, 0.1) is 0 Å². The number of ether oxygens (including phenoxy) is 1. The number of hydrogen-bond donors (Lipinski definition) is 1. The highest BCUT2D eigenvalue weighted by Gasteiger charge is 2.15. The summed E-state index contributed by atoms with van der Waals surface area (Å²) in [6.45, 7) is 0. The molecular weight excluding hydrogens is 206 g/mol. The summed E-state index contributed by atoms with van der Waals surface area (Å²) in [5.41, 5.74) is 6.94. The zero-order valence-electron chi connectivity index (χ0n) is 8.75. The van der Waals surface area contributed by atoms with Gasteiger partial charge in [-0.2, -0.15) is 5.10 Å². The monoisotopic (exact) mass is 217 g/mol. The molecule has 5 heteroatoms. The van der Waals surface area contributed by atoms with Crippen LogP contribution in [0.15, 0.2) is 36.5 Å². The van der Waals surface area contributed by atoms with Gasteiger partial charge in [-0.05, 0) is 12.1 Å². The van der Waals surface area contributed by atoms with Gasteiger partial charge in [0.2, 0.25) is 0 Å².